The smallest absolute Gasteiger partial charge is 0.252 e. The Morgan fingerprint density at radius 3 is 2.94 bits per heavy atom. The summed E-state index contributed by atoms with van der Waals surface area (Å²) in [4.78, 5) is 16.0. The van der Waals surface area contributed by atoms with Crippen LogP contribution in [0.5, 0.6) is 0 Å². The van der Waals surface area contributed by atoms with Crippen LogP contribution < -0.4 is 5.32 Å². The van der Waals surface area contributed by atoms with Crippen molar-refractivity contribution in [3.05, 3.63) is 52.1 Å². The van der Waals surface area contributed by atoms with Gasteiger partial charge in [-0.2, -0.15) is 0 Å². The minimum Gasteiger partial charge on any atom is -0.348 e. The second-order valence-electron chi connectivity index (χ2n) is 4.11. The van der Waals surface area contributed by atoms with Crippen molar-refractivity contribution in [1.82, 2.24) is 14.9 Å². The fourth-order valence-corrected chi connectivity index (χ4v) is 2.34. The van der Waals surface area contributed by atoms with Crippen molar-refractivity contribution in [2.24, 2.45) is 0 Å². The molecule has 2 aromatic rings. The van der Waals surface area contributed by atoms with Gasteiger partial charge in [-0.25, -0.2) is 4.98 Å². The third-order valence-corrected chi connectivity index (χ3v) is 3.48. The molecule has 0 bridgehead atoms. The van der Waals surface area contributed by atoms with Crippen LogP contribution in [0.3, 0.4) is 0 Å². The summed E-state index contributed by atoms with van der Waals surface area (Å²) in [7, 11) is 0. The first kappa shape index (κ1) is 13.1. The van der Waals surface area contributed by atoms with Gasteiger partial charge in [0, 0.05) is 28.6 Å². The van der Waals surface area contributed by atoms with Crippen LogP contribution in [-0.4, -0.2) is 21.5 Å². The topological polar surface area (TPSA) is 46.9 Å². The summed E-state index contributed by atoms with van der Waals surface area (Å²) < 4.78 is 2.91. The molecule has 1 aromatic heterocycles. The highest BCUT2D eigenvalue weighted by Gasteiger charge is 2.12. The molecule has 1 unspecified atom stereocenters. The van der Waals surface area contributed by atoms with E-state index in [4.69, 9.17) is 0 Å². The fraction of sp³-hybridized carbons (Fsp3) is 0.231. The Labute approximate surface area is 120 Å². The van der Waals surface area contributed by atoms with Gasteiger partial charge in [-0.1, -0.05) is 12.1 Å². The zero-order valence-corrected chi connectivity index (χ0v) is 12.2. The van der Waals surface area contributed by atoms with Gasteiger partial charge in [-0.05, 0) is 41.6 Å². The molecule has 0 fully saturated rings. The molecule has 0 aliphatic rings. The van der Waals surface area contributed by atoms with Crippen LogP contribution in [0.1, 0.15) is 17.3 Å². The number of halogens is 1. The molecule has 0 aliphatic carbocycles. The molecule has 1 amide bonds. The minimum absolute atomic E-state index is 0.0346. The van der Waals surface area contributed by atoms with Crippen molar-refractivity contribution in [2.45, 2.75) is 19.5 Å². The molecule has 2 rings (SSSR count). The number of imidazole rings is 1. The molecular formula is C13H14IN3O. The number of aromatic nitrogens is 2. The van der Waals surface area contributed by atoms with Crippen LogP contribution in [0.25, 0.3) is 0 Å². The van der Waals surface area contributed by atoms with E-state index in [0.29, 0.717) is 0 Å². The maximum atomic E-state index is 12.1. The Hall–Kier alpha value is -1.37. The lowest BCUT2D eigenvalue weighted by atomic mass is 10.2. The Balaban J connectivity index is 1.97. The number of carbonyl (C=O) groups excluding carboxylic acids is 1. The molecule has 0 spiro atoms. The summed E-state index contributed by atoms with van der Waals surface area (Å²) in [6.45, 7) is 2.70. The van der Waals surface area contributed by atoms with Crippen molar-refractivity contribution in [2.75, 3.05) is 0 Å². The number of carbonyl (C=O) groups is 1. The molecule has 1 atom stereocenters. The lowest BCUT2D eigenvalue weighted by molar-refractivity contribution is 0.0936. The van der Waals surface area contributed by atoms with Crippen molar-refractivity contribution in [3.8, 4) is 0 Å². The van der Waals surface area contributed by atoms with Crippen molar-refractivity contribution in [3.63, 3.8) is 0 Å². The Kier molecular flexibility index (Phi) is 4.35. The van der Waals surface area contributed by atoms with Gasteiger partial charge in [-0.15, -0.1) is 0 Å². The Morgan fingerprint density at radius 1 is 1.50 bits per heavy atom. The zero-order chi connectivity index (χ0) is 13.0. The monoisotopic (exact) mass is 355 g/mol. The number of benzene rings is 1. The van der Waals surface area contributed by atoms with Crippen molar-refractivity contribution >= 4 is 28.5 Å². The molecule has 5 heteroatoms. The maximum absolute atomic E-state index is 12.1. The Morgan fingerprint density at radius 2 is 2.28 bits per heavy atom. The summed E-state index contributed by atoms with van der Waals surface area (Å²) in [5.74, 6) is -0.0346. The van der Waals surface area contributed by atoms with E-state index in [-0.39, 0.29) is 11.9 Å². The van der Waals surface area contributed by atoms with Crippen LogP contribution in [0.2, 0.25) is 0 Å². The largest absolute Gasteiger partial charge is 0.348 e. The number of nitrogens with zero attached hydrogens (tertiary/aromatic N) is 2. The highest BCUT2D eigenvalue weighted by Crippen LogP contribution is 2.11. The van der Waals surface area contributed by atoms with E-state index >= 15 is 0 Å². The summed E-state index contributed by atoms with van der Waals surface area (Å²) in [6, 6.07) is 7.62. The normalized spacial score (nSPS) is 12.1. The first-order chi connectivity index (χ1) is 8.66. The van der Waals surface area contributed by atoms with Crippen LogP contribution in [0, 0.1) is 3.57 Å². The molecule has 94 valence electrons. The second-order valence-corrected chi connectivity index (χ2v) is 5.28. The lowest BCUT2D eigenvalue weighted by Gasteiger charge is -2.15. The van der Waals surface area contributed by atoms with E-state index in [1.165, 1.54) is 0 Å². The van der Waals surface area contributed by atoms with Crippen molar-refractivity contribution < 1.29 is 4.79 Å². The van der Waals surface area contributed by atoms with E-state index in [2.05, 4.69) is 32.9 Å². The standard InChI is InChI=1S/C13H14IN3O/c1-10(8-17-7-6-15-9-17)16-13(18)11-4-2-3-5-12(11)14/h2-7,9-10H,8H2,1H3,(H,16,18). The summed E-state index contributed by atoms with van der Waals surface area (Å²) in [5, 5.41) is 2.98. The average Bonchev–Trinajstić information content (AvgIpc) is 2.82. The third-order valence-electron chi connectivity index (χ3n) is 2.54. The predicted molar refractivity (Wildman–Crippen MR) is 78.3 cm³/mol. The van der Waals surface area contributed by atoms with Gasteiger partial charge in [0.2, 0.25) is 0 Å². The van der Waals surface area contributed by atoms with Crippen LogP contribution in [0.4, 0.5) is 0 Å². The summed E-state index contributed by atoms with van der Waals surface area (Å²) in [5.41, 5.74) is 0.718. The van der Waals surface area contributed by atoms with Gasteiger partial charge in [0.1, 0.15) is 0 Å². The average molecular weight is 355 g/mol. The van der Waals surface area contributed by atoms with E-state index in [0.717, 1.165) is 15.7 Å². The molecule has 18 heavy (non-hydrogen) atoms. The van der Waals surface area contributed by atoms with Gasteiger partial charge in [0.05, 0.1) is 11.9 Å². The quantitative estimate of drug-likeness (QED) is 0.856. The molecule has 1 heterocycles. The zero-order valence-electron chi connectivity index (χ0n) is 10.0. The van der Waals surface area contributed by atoms with E-state index < -0.39 is 0 Å². The highest BCUT2D eigenvalue weighted by molar-refractivity contribution is 14.1. The lowest BCUT2D eigenvalue weighted by Crippen LogP contribution is -2.35. The van der Waals surface area contributed by atoms with Crippen LogP contribution in [0.15, 0.2) is 43.0 Å². The molecule has 1 aromatic carbocycles. The first-order valence-corrected chi connectivity index (χ1v) is 6.76. The van der Waals surface area contributed by atoms with E-state index in [9.17, 15) is 4.79 Å². The van der Waals surface area contributed by atoms with Gasteiger partial charge >= 0.3 is 0 Å². The second kappa shape index (κ2) is 5.99. The highest BCUT2D eigenvalue weighted by atomic mass is 127. The summed E-state index contributed by atoms with van der Waals surface area (Å²) in [6.07, 6.45) is 5.36. The fourth-order valence-electron chi connectivity index (χ4n) is 1.70. The number of rotatable bonds is 4. The summed E-state index contributed by atoms with van der Waals surface area (Å²) >= 11 is 2.17. The van der Waals surface area contributed by atoms with Crippen LogP contribution in [-0.2, 0) is 6.54 Å². The van der Waals surface area contributed by atoms with Gasteiger partial charge in [0.15, 0.2) is 0 Å². The molecule has 0 saturated heterocycles. The molecule has 1 N–H and O–H groups in total. The van der Waals surface area contributed by atoms with Crippen LogP contribution >= 0.6 is 22.6 Å². The molecule has 0 radical (unpaired) electrons. The number of nitrogens with one attached hydrogen (secondary N) is 1. The molecular weight excluding hydrogens is 341 g/mol. The van der Waals surface area contributed by atoms with E-state index in [1.54, 1.807) is 12.5 Å². The SMILES string of the molecule is CC(Cn1ccnc1)NC(=O)c1ccccc1I. The maximum Gasteiger partial charge on any atom is 0.252 e. The Bertz CT molecular complexity index is 525. The third kappa shape index (κ3) is 3.32. The first-order valence-electron chi connectivity index (χ1n) is 5.68. The molecule has 4 nitrogen and oxygen atoms in total. The minimum atomic E-state index is -0.0346. The number of amides is 1. The van der Waals surface area contributed by atoms with E-state index in [1.807, 2.05) is 42.0 Å². The van der Waals surface area contributed by atoms with Gasteiger partial charge in [-0.3, -0.25) is 4.79 Å². The molecule has 0 saturated carbocycles. The van der Waals surface area contributed by atoms with Gasteiger partial charge in [0.25, 0.3) is 5.91 Å². The number of hydrogen-bond acceptors (Lipinski definition) is 2. The van der Waals surface area contributed by atoms with Crippen molar-refractivity contribution in [1.29, 1.82) is 0 Å². The molecule has 0 aliphatic heterocycles. The van der Waals surface area contributed by atoms with Gasteiger partial charge < -0.3 is 9.88 Å². The number of hydrogen-bond donors (Lipinski definition) is 1. The predicted octanol–water partition coefficient (Wildman–Crippen LogP) is 2.31.